The molecular formula is C13H21NO3S. The van der Waals surface area contributed by atoms with E-state index in [-0.39, 0.29) is 6.54 Å². The number of benzene rings is 1. The van der Waals surface area contributed by atoms with Gasteiger partial charge in [-0.1, -0.05) is 26.0 Å². The Kier molecular flexibility index (Phi) is 5.78. The van der Waals surface area contributed by atoms with Crippen molar-refractivity contribution in [1.29, 1.82) is 0 Å². The first-order chi connectivity index (χ1) is 8.51. The Morgan fingerprint density at radius 3 is 2.39 bits per heavy atom. The Morgan fingerprint density at radius 1 is 1.28 bits per heavy atom. The van der Waals surface area contributed by atoms with Crippen LogP contribution in [0, 0.1) is 0 Å². The van der Waals surface area contributed by atoms with Crippen molar-refractivity contribution >= 4 is 10.0 Å². The maximum absolute atomic E-state index is 11.9. The molecule has 1 rings (SSSR count). The molecule has 0 aromatic heterocycles. The summed E-state index contributed by atoms with van der Waals surface area (Å²) in [4.78, 5) is 0.297. The molecule has 1 aromatic rings. The van der Waals surface area contributed by atoms with Gasteiger partial charge in [-0.3, -0.25) is 0 Å². The third kappa shape index (κ3) is 4.08. The molecule has 0 aliphatic carbocycles. The molecule has 0 spiro atoms. The summed E-state index contributed by atoms with van der Waals surface area (Å²) in [5.74, 6) is 0.447. The van der Waals surface area contributed by atoms with E-state index < -0.39 is 10.0 Å². The van der Waals surface area contributed by atoms with Gasteiger partial charge in [0.2, 0.25) is 10.0 Å². The summed E-state index contributed by atoms with van der Waals surface area (Å²) in [7, 11) is -1.87. The van der Waals surface area contributed by atoms with Crippen LogP contribution in [0.4, 0.5) is 0 Å². The third-order valence-corrected chi connectivity index (χ3v) is 4.45. The van der Waals surface area contributed by atoms with Crippen LogP contribution in [0.15, 0.2) is 29.2 Å². The predicted octanol–water partition coefficient (Wildman–Crippen LogP) is 2.12. The number of rotatable bonds is 7. The van der Waals surface area contributed by atoms with Crippen LogP contribution in [0.3, 0.4) is 0 Å². The van der Waals surface area contributed by atoms with Crippen LogP contribution in [-0.4, -0.2) is 28.7 Å². The molecule has 0 aliphatic heterocycles. The molecule has 0 radical (unpaired) electrons. The first kappa shape index (κ1) is 15.1. The summed E-state index contributed by atoms with van der Waals surface area (Å²) in [5, 5.41) is 0. The summed E-state index contributed by atoms with van der Waals surface area (Å²) in [6.07, 6.45) is 1.04. The maximum atomic E-state index is 11.9. The van der Waals surface area contributed by atoms with Gasteiger partial charge in [0.15, 0.2) is 0 Å². The number of ether oxygens (including phenoxy) is 1. The monoisotopic (exact) mass is 271 g/mol. The number of hydrogen-bond acceptors (Lipinski definition) is 3. The fourth-order valence-electron chi connectivity index (χ4n) is 1.57. The normalized spacial score (nSPS) is 13.5. The highest BCUT2D eigenvalue weighted by molar-refractivity contribution is 7.89. The third-order valence-electron chi connectivity index (χ3n) is 2.97. The minimum Gasteiger partial charge on any atom is -0.383 e. The molecule has 102 valence electrons. The van der Waals surface area contributed by atoms with E-state index in [0.29, 0.717) is 17.4 Å². The van der Waals surface area contributed by atoms with Crippen molar-refractivity contribution in [2.75, 3.05) is 20.3 Å². The van der Waals surface area contributed by atoms with Gasteiger partial charge in [-0.2, -0.15) is 0 Å². The molecule has 0 heterocycles. The molecule has 0 bridgehead atoms. The van der Waals surface area contributed by atoms with Crippen LogP contribution < -0.4 is 4.72 Å². The zero-order chi connectivity index (χ0) is 13.6. The number of sulfonamides is 1. The van der Waals surface area contributed by atoms with Crippen molar-refractivity contribution in [3.8, 4) is 0 Å². The van der Waals surface area contributed by atoms with Gasteiger partial charge in [-0.25, -0.2) is 13.1 Å². The second kappa shape index (κ2) is 6.87. The maximum Gasteiger partial charge on any atom is 0.240 e. The lowest BCUT2D eigenvalue weighted by molar-refractivity contribution is 0.204. The minimum absolute atomic E-state index is 0.284. The van der Waals surface area contributed by atoms with Crippen LogP contribution in [-0.2, 0) is 14.8 Å². The fraction of sp³-hybridized carbons (Fsp3) is 0.538. The molecule has 1 aromatic carbocycles. The Labute approximate surface area is 109 Å². The number of methoxy groups -OCH3 is 1. The Hall–Kier alpha value is -0.910. The summed E-state index contributed by atoms with van der Waals surface area (Å²) in [6, 6.07) is 7.05. The van der Waals surface area contributed by atoms with E-state index in [4.69, 9.17) is 4.74 Å². The second-order valence-electron chi connectivity index (χ2n) is 4.27. The second-order valence-corrected chi connectivity index (χ2v) is 6.04. The van der Waals surface area contributed by atoms with E-state index in [9.17, 15) is 8.42 Å². The lowest BCUT2D eigenvalue weighted by Crippen LogP contribution is -2.27. The molecule has 0 saturated heterocycles. The van der Waals surface area contributed by atoms with Gasteiger partial charge in [-0.15, -0.1) is 0 Å². The Morgan fingerprint density at radius 2 is 1.89 bits per heavy atom. The standard InChI is InChI=1S/C13H21NO3S/c1-4-11(2)12-5-7-13(8-6-12)18(15,16)14-9-10-17-3/h5-8,11,14H,4,9-10H2,1-3H3. The smallest absolute Gasteiger partial charge is 0.240 e. The number of nitrogens with one attached hydrogen (secondary N) is 1. The topological polar surface area (TPSA) is 55.4 Å². The largest absolute Gasteiger partial charge is 0.383 e. The molecular weight excluding hydrogens is 250 g/mol. The first-order valence-corrected chi connectivity index (χ1v) is 7.58. The quantitative estimate of drug-likeness (QED) is 0.773. The summed E-state index contributed by atoms with van der Waals surface area (Å²) in [6.45, 7) is 4.89. The summed E-state index contributed by atoms with van der Waals surface area (Å²) < 4.78 is 31.1. The van der Waals surface area contributed by atoms with Gasteiger partial charge in [0, 0.05) is 13.7 Å². The van der Waals surface area contributed by atoms with Crippen LogP contribution in [0.5, 0.6) is 0 Å². The summed E-state index contributed by atoms with van der Waals surface area (Å²) in [5.41, 5.74) is 1.16. The molecule has 0 fully saturated rings. The first-order valence-electron chi connectivity index (χ1n) is 6.09. The molecule has 4 nitrogen and oxygen atoms in total. The zero-order valence-corrected chi connectivity index (χ0v) is 12.0. The molecule has 0 saturated carbocycles. The van der Waals surface area contributed by atoms with E-state index in [1.165, 1.54) is 7.11 Å². The van der Waals surface area contributed by atoms with Gasteiger partial charge in [0.05, 0.1) is 11.5 Å². The minimum atomic E-state index is -3.41. The van der Waals surface area contributed by atoms with E-state index >= 15 is 0 Å². The molecule has 5 heteroatoms. The molecule has 1 unspecified atom stereocenters. The van der Waals surface area contributed by atoms with Gasteiger partial charge in [-0.05, 0) is 30.0 Å². The van der Waals surface area contributed by atoms with Crippen molar-refractivity contribution in [2.45, 2.75) is 31.1 Å². The Balaban J connectivity index is 2.78. The predicted molar refractivity (Wildman–Crippen MR) is 72.2 cm³/mol. The van der Waals surface area contributed by atoms with Crippen LogP contribution in [0.25, 0.3) is 0 Å². The summed E-state index contributed by atoms with van der Waals surface area (Å²) >= 11 is 0. The highest BCUT2D eigenvalue weighted by Crippen LogP contribution is 2.20. The van der Waals surface area contributed by atoms with Gasteiger partial charge >= 0.3 is 0 Å². The van der Waals surface area contributed by atoms with Gasteiger partial charge < -0.3 is 4.74 Å². The van der Waals surface area contributed by atoms with Crippen LogP contribution in [0.2, 0.25) is 0 Å². The SMILES string of the molecule is CCC(C)c1ccc(S(=O)(=O)NCCOC)cc1. The molecule has 0 amide bonds. The average Bonchev–Trinajstić information content (AvgIpc) is 2.38. The van der Waals surface area contributed by atoms with Crippen molar-refractivity contribution in [3.05, 3.63) is 29.8 Å². The number of hydrogen-bond donors (Lipinski definition) is 1. The van der Waals surface area contributed by atoms with Crippen molar-refractivity contribution in [1.82, 2.24) is 4.72 Å². The van der Waals surface area contributed by atoms with Crippen LogP contribution >= 0.6 is 0 Å². The van der Waals surface area contributed by atoms with Crippen molar-refractivity contribution in [2.24, 2.45) is 0 Å². The molecule has 18 heavy (non-hydrogen) atoms. The van der Waals surface area contributed by atoms with E-state index in [2.05, 4.69) is 18.6 Å². The average molecular weight is 271 g/mol. The lowest BCUT2D eigenvalue weighted by atomic mass is 9.99. The van der Waals surface area contributed by atoms with E-state index in [0.717, 1.165) is 12.0 Å². The van der Waals surface area contributed by atoms with Crippen molar-refractivity contribution < 1.29 is 13.2 Å². The Bertz CT molecular complexity index is 454. The van der Waals surface area contributed by atoms with Crippen LogP contribution in [0.1, 0.15) is 31.7 Å². The van der Waals surface area contributed by atoms with Gasteiger partial charge in [0.1, 0.15) is 0 Å². The van der Waals surface area contributed by atoms with E-state index in [1.807, 2.05) is 12.1 Å². The zero-order valence-electron chi connectivity index (χ0n) is 11.1. The molecule has 1 N–H and O–H groups in total. The molecule has 0 aliphatic rings. The fourth-order valence-corrected chi connectivity index (χ4v) is 2.59. The molecule has 1 atom stereocenters. The van der Waals surface area contributed by atoms with Crippen molar-refractivity contribution in [3.63, 3.8) is 0 Å². The van der Waals surface area contributed by atoms with E-state index in [1.54, 1.807) is 12.1 Å². The van der Waals surface area contributed by atoms with Gasteiger partial charge in [0.25, 0.3) is 0 Å². The lowest BCUT2D eigenvalue weighted by Gasteiger charge is -2.10. The highest BCUT2D eigenvalue weighted by atomic mass is 32.2. The highest BCUT2D eigenvalue weighted by Gasteiger charge is 2.13.